The molecule has 1 rings (SSSR count). The molecule has 0 unspecified atom stereocenters. The molecule has 60 valence electrons. The zero-order chi connectivity index (χ0) is 16.8. The number of nitrogens with zero attached hydrogens (tertiary/aromatic N) is 1. The third-order valence-electron chi connectivity index (χ3n) is 0.739. The number of hydrogen-bond acceptors (Lipinski definition) is 2. The lowest BCUT2D eigenvalue weighted by molar-refractivity contribution is 0.305. The van der Waals surface area contributed by atoms with Crippen molar-refractivity contribution in [3.63, 3.8) is 0 Å². The largest absolute Gasteiger partial charge is 0.478 e. The van der Waals surface area contributed by atoms with Crippen LogP contribution in [-0.2, 0) is 0 Å². The van der Waals surface area contributed by atoms with Crippen LogP contribution in [-0.4, -0.2) is 11.5 Å². The summed E-state index contributed by atoms with van der Waals surface area (Å²) in [7, 11) is 0. The molecule has 0 aliphatic carbocycles. The maximum atomic E-state index is 7.61. The van der Waals surface area contributed by atoms with Gasteiger partial charge in [0.05, 0.1) is 13.4 Å². The van der Waals surface area contributed by atoms with Crippen molar-refractivity contribution in [3.8, 4) is 5.88 Å². The van der Waals surface area contributed by atoms with E-state index >= 15 is 0 Å². The summed E-state index contributed by atoms with van der Waals surface area (Å²) in [6.07, 6.45) is -4.00. The van der Waals surface area contributed by atoms with Gasteiger partial charge in [0.2, 0.25) is 5.88 Å². The lowest BCUT2D eigenvalue weighted by atomic mass is 10.5. The van der Waals surface area contributed by atoms with Crippen molar-refractivity contribution in [3.05, 3.63) is 22.7 Å². The van der Waals surface area contributed by atoms with E-state index in [-0.39, 0.29) is 4.47 Å². The van der Waals surface area contributed by atoms with Crippen molar-refractivity contribution in [1.82, 2.24) is 4.98 Å². The summed E-state index contributed by atoms with van der Waals surface area (Å²) in [5, 5.41) is 0. The van der Waals surface area contributed by atoms with Crippen LogP contribution in [0.15, 0.2) is 22.7 Å². The monoisotopic (exact) mass is 225 g/mol. The second-order valence-corrected chi connectivity index (χ2v) is 2.21. The molecule has 3 heteroatoms. The van der Waals surface area contributed by atoms with E-state index in [4.69, 9.17) is 13.7 Å². The molecule has 0 atom stereocenters. The molecule has 0 fully saturated rings. The Kier molecular flexibility index (Phi) is 0.876. The minimum atomic E-state index is -3.37. The average Bonchev–Trinajstić information content (AvgIpc) is 2.31. The van der Waals surface area contributed by atoms with Crippen molar-refractivity contribution < 1.29 is 18.4 Å². The van der Waals surface area contributed by atoms with Crippen molar-refractivity contribution in [2.24, 2.45) is 0 Å². The number of ether oxygens (including phenoxy) is 1. The predicted molar refractivity (Wildman–Crippen MR) is 47.7 cm³/mol. The van der Waals surface area contributed by atoms with Crippen LogP contribution in [0.1, 0.15) is 26.9 Å². The third kappa shape index (κ3) is 2.89. The van der Waals surface area contributed by atoms with Crippen LogP contribution < -0.4 is 4.74 Å². The van der Waals surface area contributed by atoms with Crippen LogP contribution in [0.3, 0.4) is 0 Å². The Labute approximate surface area is 88.8 Å². The van der Waals surface area contributed by atoms with E-state index in [2.05, 4.69) is 25.7 Å². The van der Waals surface area contributed by atoms with Gasteiger partial charge in [-0.15, -0.1) is 0 Å². The van der Waals surface area contributed by atoms with Crippen molar-refractivity contribution >= 4 is 15.9 Å². The lowest BCUT2D eigenvalue weighted by Crippen LogP contribution is -1.96. The summed E-state index contributed by atoms with van der Waals surface area (Å²) in [4.78, 5) is 3.36. The average molecular weight is 226 g/mol. The lowest BCUT2D eigenvalue weighted by Gasteiger charge is -2.01. The molecule has 0 saturated heterocycles. The number of pyridine rings is 1. The molecule has 0 spiro atoms. The molecule has 0 aliphatic rings. The fraction of sp³-hybridized carbons (Fsp3) is 0.375. The molecule has 1 aromatic rings. The molecule has 11 heavy (non-hydrogen) atoms. The summed E-state index contributed by atoms with van der Waals surface area (Å²) in [5.74, 6) is -0.777. The second-order valence-electron chi connectivity index (χ2n) is 1.42. The normalized spacial score (nSPS) is 26.6. The van der Waals surface area contributed by atoms with Crippen LogP contribution in [0.25, 0.3) is 0 Å². The molecule has 0 amide bonds. The minimum absolute atomic E-state index is 0.192. The summed E-state index contributed by atoms with van der Waals surface area (Å²) >= 11 is 2.84. The Hall–Kier alpha value is -0.570. The standard InChI is InChI=1S/C8H10BrNO/c1-2-5-11-8-6-7(9)3-4-10-8/h3-4,6H,2,5H2,1H3/i1D3,2D2,3D,4D,5D2,6D. The molecular weight excluding hydrogens is 206 g/mol. The first-order valence-corrected chi connectivity index (χ1v) is 3.34. The highest BCUT2D eigenvalue weighted by Crippen LogP contribution is 2.14. The van der Waals surface area contributed by atoms with Gasteiger partial charge in [-0.2, -0.15) is 0 Å². The SMILES string of the molecule is [2H]c1nc(OC([2H])([2H])C([2H])([2H])C([2H])([2H])[2H])c([2H])c(Br)c1[2H]. The number of rotatable bonds is 3. The predicted octanol–water partition coefficient (Wildman–Crippen LogP) is 2.63. The van der Waals surface area contributed by atoms with Gasteiger partial charge in [0.1, 0.15) is 0 Å². The fourth-order valence-corrected chi connectivity index (χ4v) is 0.661. The molecule has 0 saturated carbocycles. The van der Waals surface area contributed by atoms with E-state index in [0.29, 0.717) is 0 Å². The van der Waals surface area contributed by atoms with Crippen molar-refractivity contribution in [2.45, 2.75) is 13.2 Å². The molecule has 0 bridgehead atoms. The molecule has 0 aliphatic heterocycles. The quantitative estimate of drug-likeness (QED) is 0.790. The Balaban J connectivity index is 3.29. The summed E-state index contributed by atoms with van der Waals surface area (Å²) < 4.78 is 77.6. The molecule has 1 heterocycles. The van der Waals surface area contributed by atoms with E-state index in [0.717, 1.165) is 0 Å². The first kappa shape index (κ1) is 2.22. The third-order valence-corrected chi connectivity index (χ3v) is 1.14. The van der Waals surface area contributed by atoms with E-state index in [1.807, 2.05) is 0 Å². The van der Waals surface area contributed by atoms with Gasteiger partial charge >= 0.3 is 0 Å². The Morgan fingerprint density at radius 2 is 2.91 bits per heavy atom. The van der Waals surface area contributed by atoms with Crippen LogP contribution in [0.2, 0.25) is 0 Å². The Morgan fingerprint density at radius 3 is 3.73 bits per heavy atom. The van der Waals surface area contributed by atoms with E-state index in [1.165, 1.54) is 0 Å². The van der Waals surface area contributed by atoms with Gasteiger partial charge in [-0.25, -0.2) is 4.98 Å². The summed E-state index contributed by atoms with van der Waals surface area (Å²) in [6, 6.07) is -1.01. The molecular formula is C8H10BrNO. The maximum Gasteiger partial charge on any atom is 0.214 e. The minimum Gasteiger partial charge on any atom is -0.478 e. The van der Waals surface area contributed by atoms with E-state index < -0.39 is 43.9 Å². The Bertz CT molecular complexity index is 557. The molecule has 0 radical (unpaired) electrons. The summed E-state index contributed by atoms with van der Waals surface area (Å²) in [5.41, 5.74) is 0. The first-order chi connectivity index (χ1) is 9.22. The van der Waals surface area contributed by atoms with Crippen LogP contribution >= 0.6 is 15.9 Å². The van der Waals surface area contributed by atoms with Gasteiger partial charge in [-0.1, -0.05) is 22.8 Å². The van der Waals surface area contributed by atoms with E-state index in [1.54, 1.807) is 0 Å². The van der Waals surface area contributed by atoms with Crippen LogP contribution in [0.4, 0.5) is 0 Å². The second kappa shape index (κ2) is 4.34. The van der Waals surface area contributed by atoms with Gasteiger partial charge in [-0.05, 0) is 12.4 Å². The Morgan fingerprint density at radius 1 is 2.00 bits per heavy atom. The highest BCUT2D eigenvalue weighted by molar-refractivity contribution is 9.10. The highest BCUT2D eigenvalue weighted by Gasteiger charge is 1.93. The van der Waals surface area contributed by atoms with E-state index in [9.17, 15) is 0 Å². The van der Waals surface area contributed by atoms with Crippen LogP contribution in [0, 0.1) is 0 Å². The zero-order valence-corrected chi connectivity index (χ0v) is 6.82. The van der Waals surface area contributed by atoms with Gasteiger partial charge in [0.25, 0.3) is 0 Å². The molecule has 0 N–H and O–H groups in total. The number of aromatic nitrogens is 1. The topological polar surface area (TPSA) is 22.1 Å². The zero-order valence-electron chi connectivity index (χ0n) is 15.2. The van der Waals surface area contributed by atoms with Gasteiger partial charge in [0.15, 0.2) is 0 Å². The van der Waals surface area contributed by atoms with Gasteiger partial charge < -0.3 is 4.74 Å². The van der Waals surface area contributed by atoms with Gasteiger partial charge in [0, 0.05) is 23.5 Å². The maximum absolute atomic E-state index is 7.61. The van der Waals surface area contributed by atoms with Crippen LogP contribution in [0.5, 0.6) is 5.88 Å². The molecule has 0 aromatic carbocycles. The number of hydrogen-bond donors (Lipinski definition) is 0. The smallest absolute Gasteiger partial charge is 0.214 e. The van der Waals surface area contributed by atoms with Crippen molar-refractivity contribution in [1.29, 1.82) is 0 Å². The number of halogens is 1. The first-order valence-electron chi connectivity index (χ1n) is 7.54. The molecule has 2 nitrogen and oxygen atoms in total. The van der Waals surface area contributed by atoms with Gasteiger partial charge in [-0.3, -0.25) is 0 Å². The fourth-order valence-electron chi connectivity index (χ4n) is 0.403. The molecule has 1 aromatic heterocycles. The highest BCUT2D eigenvalue weighted by atomic mass is 79.9. The van der Waals surface area contributed by atoms with Crippen molar-refractivity contribution in [2.75, 3.05) is 6.56 Å². The summed E-state index contributed by atoms with van der Waals surface area (Å²) in [6.45, 7) is -6.63.